The summed E-state index contributed by atoms with van der Waals surface area (Å²) >= 11 is 1.07. The molecule has 2 aromatic heterocycles. The Kier molecular flexibility index (Phi) is 6.84. The number of benzene rings is 1. The molecule has 0 spiro atoms. The van der Waals surface area contributed by atoms with E-state index >= 15 is 0 Å². The SMILES string of the molecule is CCOC(=O)c1sc2ncn(CC(=O)N3CCN(c4cccc(C(F)(F)F)c4)CC3)c(=O)c2c1C. The number of piperazine rings is 1. The number of thiophene rings is 1. The Balaban J connectivity index is 1.45. The first-order chi connectivity index (χ1) is 16.6. The summed E-state index contributed by atoms with van der Waals surface area (Å²) < 4.78 is 45.3. The number of hydrogen-bond donors (Lipinski definition) is 0. The largest absolute Gasteiger partial charge is 0.462 e. The number of rotatable bonds is 5. The van der Waals surface area contributed by atoms with E-state index in [-0.39, 0.29) is 24.4 Å². The average Bonchev–Trinajstić information content (AvgIpc) is 3.18. The molecule has 0 atom stereocenters. The molecule has 0 saturated carbocycles. The van der Waals surface area contributed by atoms with E-state index in [1.54, 1.807) is 29.7 Å². The van der Waals surface area contributed by atoms with E-state index in [0.29, 0.717) is 47.1 Å². The van der Waals surface area contributed by atoms with E-state index in [4.69, 9.17) is 4.74 Å². The summed E-state index contributed by atoms with van der Waals surface area (Å²) in [5, 5.41) is 0.280. The molecule has 3 aromatic rings. The third-order valence-corrected chi connectivity index (χ3v) is 7.03. The third kappa shape index (κ3) is 5.02. The van der Waals surface area contributed by atoms with Gasteiger partial charge in [0.25, 0.3) is 5.56 Å². The maximum absolute atomic E-state index is 13.0. The van der Waals surface area contributed by atoms with E-state index < -0.39 is 23.3 Å². The van der Waals surface area contributed by atoms with Gasteiger partial charge in [0.2, 0.25) is 5.91 Å². The highest BCUT2D eigenvalue weighted by Gasteiger charge is 2.31. The fourth-order valence-corrected chi connectivity index (χ4v) is 5.03. The summed E-state index contributed by atoms with van der Waals surface area (Å²) in [5.41, 5.74) is -0.221. The molecule has 1 aromatic carbocycles. The fourth-order valence-electron chi connectivity index (χ4n) is 4.00. The van der Waals surface area contributed by atoms with Crippen molar-refractivity contribution in [3.63, 3.8) is 0 Å². The van der Waals surface area contributed by atoms with Crippen LogP contribution in [-0.4, -0.2) is 59.1 Å². The van der Waals surface area contributed by atoms with Gasteiger partial charge in [0.1, 0.15) is 16.3 Å². The lowest BCUT2D eigenvalue weighted by atomic mass is 10.1. The van der Waals surface area contributed by atoms with Crippen LogP contribution >= 0.6 is 11.3 Å². The topological polar surface area (TPSA) is 84.7 Å². The normalized spacial score (nSPS) is 14.4. The number of alkyl halides is 3. The second-order valence-corrected chi connectivity index (χ2v) is 9.05. The third-order valence-electron chi connectivity index (χ3n) is 5.85. The molecule has 12 heteroatoms. The Morgan fingerprint density at radius 3 is 2.54 bits per heavy atom. The van der Waals surface area contributed by atoms with Crippen LogP contribution in [0.5, 0.6) is 0 Å². The Bertz CT molecular complexity index is 1330. The molecule has 0 aliphatic carbocycles. The highest BCUT2D eigenvalue weighted by Crippen LogP contribution is 2.32. The number of halogens is 3. The first-order valence-electron chi connectivity index (χ1n) is 11.0. The van der Waals surface area contributed by atoms with E-state index in [1.807, 2.05) is 0 Å². The molecule has 4 rings (SSSR count). The van der Waals surface area contributed by atoms with Crippen molar-refractivity contribution in [2.75, 3.05) is 37.7 Å². The monoisotopic (exact) mass is 508 g/mol. The van der Waals surface area contributed by atoms with E-state index in [0.717, 1.165) is 23.5 Å². The molecule has 1 aliphatic rings. The number of aromatic nitrogens is 2. The maximum Gasteiger partial charge on any atom is 0.416 e. The standard InChI is InChI=1S/C23H23F3N4O4S/c1-3-34-22(33)19-14(2)18-20(35-19)27-13-30(21(18)32)12-17(31)29-9-7-28(8-10-29)16-6-4-5-15(11-16)23(24,25)26/h4-6,11,13H,3,7-10,12H2,1-2H3. The number of amides is 1. The highest BCUT2D eigenvalue weighted by molar-refractivity contribution is 7.20. The van der Waals surface area contributed by atoms with Crippen molar-refractivity contribution < 1.29 is 27.5 Å². The van der Waals surface area contributed by atoms with Crippen LogP contribution in [0.15, 0.2) is 35.4 Å². The molecular weight excluding hydrogens is 485 g/mol. The molecule has 1 aliphatic heterocycles. The zero-order chi connectivity index (χ0) is 25.3. The number of fused-ring (bicyclic) bond motifs is 1. The first-order valence-corrected chi connectivity index (χ1v) is 11.8. The summed E-state index contributed by atoms with van der Waals surface area (Å²) in [6, 6.07) is 5.11. The Morgan fingerprint density at radius 2 is 1.89 bits per heavy atom. The number of nitrogens with zero attached hydrogens (tertiary/aromatic N) is 4. The molecule has 186 valence electrons. The number of anilines is 1. The fraction of sp³-hybridized carbons (Fsp3) is 0.391. The van der Waals surface area contributed by atoms with Gasteiger partial charge in [0.05, 0.1) is 23.9 Å². The van der Waals surface area contributed by atoms with Gasteiger partial charge >= 0.3 is 12.1 Å². The van der Waals surface area contributed by atoms with Crippen molar-refractivity contribution in [1.29, 1.82) is 0 Å². The average molecular weight is 509 g/mol. The van der Waals surface area contributed by atoms with Crippen LogP contribution in [0.3, 0.4) is 0 Å². The number of aryl methyl sites for hydroxylation is 1. The van der Waals surface area contributed by atoms with Crippen molar-refractivity contribution in [3.05, 3.63) is 57.0 Å². The summed E-state index contributed by atoms with van der Waals surface area (Å²) in [5.74, 6) is -0.816. The van der Waals surface area contributed by atoms with E-state index in [2.05, 4.69) is 4.98 Å². The van der Waals surface area contributed by atoms with Crippen LogP contribution in [0, 0.1) is 6.92 Å². The summed E-state index contributed by atoms with van der Waals surface area (Å²) in [7, 11) is 0. The minimum absolute atomic E-state index is 0.208. The van der Waals surface area contributed by atoms with Gasteiger partial charge in [-0.15, -0.1) is 11.3 Å². The number of carbonyl (C=O) groups is 2. The van der Waals surface area contributed by atoms with Crippen molar-refractivity contribution in [2.24, 2.45) is 0 Å². The molecule has 0 radical (unpaired) electrons. The quantitative estimate of drug-likeness (QED) is 0.492. The molecule has 8 nitrogen and oxygen atoms in total. The lowest BCUT2D eigenvalue weighted by Crippen LogP contribution is -2.50. The molecule has 0 unspecified atom stereocenters. The molecule has 1 amide bonds. The van der Waals surface area contributed by atoms with Gasteiger partial charge in [-0.25, -0.2) is 9.78 Å². The van der Waals surface area contributed by atoms with E-state index in [1.165, 1.54) is 17.0 Å². The van der Waals surface area contributed by atoms with Gasteiger partial charge in [-0.1, -0.05) is 6.07 Å². The van der Waals surface area contributed by atoms with Crippen molar-refractivity contribution in [3.8, 4) is 0 Å². The minimum Gasteiger partial charge on any atom is -0.462 e. The zero-order valence-corrected chi connectivity index (χ0v) is 19.9. The summed E-state index contributed by atoms with van der Waals surface area (Å²) in [6.07, 6.45) is -3.14. The van der Waals surface area contributed by atoms with Gasteiger partial charge in [-0.2, -0.15) is 13.2 Å². The smallest absolute Gasteiger partial charge is 0.416 e. The molecular formula is C23H23F3N4O4S. The highest BCUT2D eigenvalue weighted by atomic mass is 32.1. The van der Waals surface area contributed by atoms with Crippen LogP contribution < -0.4 is 10.5 Å². The van der Waals surface area contributed by atoms with Gasteiger partial charge in [0.15, 0.2) is 0 Å². The molecule has 1 saturated heterocycles. The second kappa shape index (κ2) is 9.68. The lowest BCUT2D eigenvalue weighted by Gasteiger charge is -2.36. The number of esters is 1. The van der Waals surface area contributed by atoms with Gasteiger partial charge in [0, 0.05) is 31.9 Å². The van der Waals surface area contributed by atoms with Crippen LogP contribution in [-0.2, 0) is 22.3 Å². The van der Waals surface area contributed by atoms with Gasteiger partial charge in [-0.3, -0.25) is 14.2 Å². The predicted molar refractivity (Wildman–Crippen MR) is 125 cm³/mol. The molecule has 0 N–H and O–H groups in total. The summed E-state index contributed by atoms with van der Waals surface area (Å²) in [4.78, 5) is 46.4. The lowest BCUT2D eigenvalue weighted by molar-refractivity contribution is -0.137. The Labute approximate surface area is 202 Å². The predicted octanol–water partition coefficient (Wildman–Crippen LogP) is 3.31. The Hall–Kier alpha value is -3.41. The molecule has 1 fully saturated rings. The van der Waals surface area contributed by atoms with Gasteiger partial charge in [-0.05, 0) is 37.6 Å². The number of ether oxygens (including phenoxy) is 1. The van der Waals surface area contributed by atoms with Crippen LogP contribution in [0.1, 0.15) is 27.7 Å². The molecule has 0 bridgehead atoms. The van der Waals surface area contributed by atoms with Gasteiger partial charge < -0.3 is 14.5 Å². The number of hydrogen-bond acceptors (Lipinski definition) is 7. The second-order valence-electron chi connectivity index (χ2n) is 8.05. The van der Waals surface area contributed by atoms with Crippen LogP contribution in [0.4, 0.5) is 18.9 Å². The van der Waals surface area contributed by atoms with E-state index in [9.17, 15) is 27.6 Å². The zero-order valence-electron chi connectivity index (χ0n) is 19.1. The Morgan fingerprint density at radius 1 is 1.17 bits per heavy atom. The van der Waals surface area contributed by atoms with Crippen molar-refractivity contribution in [2.45, 2.75) is 26.6 Å². The maximum atomic E-state index is 13.0. The molecule has 3 heterocycles. The van der Waals surface area contributed by atoms with Crippen molar-refractivity contribution in [1.82, 2.24) is 14.5 Å². The minimum atomic E-state index is -4.42. The van der Waals surface area contributed by atoms with Crippen LogP contribution in [0.2, 0.25) is 0 Å². The van der Waals surface area contributed by atoms with Crippen LogP contribution in [0.25, 0.3) is 10.2 Å². The first kappa shape index (κ1) is 24.7. The summed E-state index contributed by atoms with van der Waals surface area (Å²) in [6.45, 7) is 4.67. The molecule has 35 heavy (non-hydrogen) atoms. The number of carbonyl (C=O) groups excluding carboxylic acids is 2. The van der Waals surface area contributed by atoms with Crippen molar-refractivity contribution >= 4 is 39.1 Å².